The molecular formula is C18H19N5O3S2. The maximum Gasteiger partial charge on any atom is 0.340 e. The quantitative estimate of drug-likeness (QED) is 0.465. The number of amides is 1. The van der Waals surface area contributed by atoms with Crippen molar-refractivity contribution in [1.82, 2.24) is 19.7 Å². The van der Waals surface area contributed by atoms with Gasteiger partial charge in [0, 0.05) is 17.6 Å². The van der Waals surface area contributed by atoms with Crippen LogP contribution in [-0.2, 0) is 16.1 Å². The van der Waals surface area contributed by atoms with Crippen molar-refractivity contribution in [2.45, 2.75) is 25.5 Å². The van der Waals surface area contributed by atoms with E-state index in [9.17, 15) is 9.59 Å². The zero-order valence-corrected chi connectivity index (χ0v) is 17.3. The fraction of sp³-hybridized carbons (Fsp3) is 0.278. The zero-order chi connectivity index (χ0) is 20.1. The van der Waals surface area contributed by atoms with Crippen molar-refractivity contribution in [2.75, 3.05) is 18.2 Å². The van der Waals surface area contributed by atoms with Gasteiger partial charge in [-0.05, 0) is 32.0 Å². The molecule has 0 bridgehead atoms. The Morgan fingerprint density at radius 3 is 2.82 bits per heavy atom. The molecule has 3 rings (SSSR count). The summed E-state index contributed by atoms with van der Waals surface area (Å²) in [6.45, 7) is 4.50. The minimum Gasteiger partial charge on any atom is -0.465 e. The third-order valence-corrected chi connectivity index (χ3v) is 5.71. The lowest BCUT2D eigenvalue weighted by Crippen LogP contribution is -2.16. The van der Waals surface area contributed by atoms with Crippen LogP contribution in [0.3, 0.4) is 0 Å². The van der Waals surface area contributed by atoms with Crippen LogP contribution in [0.2, 0.25) is 0 Å². The fourth-order valence-electron chi connectivity index (χ4n) is 2.53. The van der Waals surface area contributed by atoms with Gasteiger partial charge in [0.25, 0.3) is 0 Å². The first-order valence-electron chi connectivity index (χ1n) is 8.49. The summed E-state index contributed by atoms with van der Waals surface area (Å²) in [7, 11) is 1.31. The Labute approximate surface area is 170 Å². The minimum atomic E-state index is -0.474. The number of carbonyl (C=O) groups is 2. The molecule has 0 fully saturated rings. The van der Waals surface area contributed by atoms with Gasteiger partial charge in [-0.3, -0.25) is 9.78 Å². The number of aryl methyl sites for hydroxylation is 1. The van der Waals surface area contributed by atoms with Gasteiger partial charge in [0.2, 0.25) is 5.91 Å². The van der Waals surface area contributed by atoms with E-state index in [1.807, 2.05) is 36.6 Å². The highest BCUT2D eigenvalue weighted by molar-refractivity contribution is 7.99. The van der Waals surface area contributed by atoms with E-state index in [1.165, 1.54) is 30.2 Å². The van der Waals surface area contributed by atoms with Gasteiger partial charge in [0.05, 0.1) is 18.4 Å². The number of hydrogen-bond acceptors (Lipinski definition) is 8. The molecular weight excluding hydrogens is 398 g/mol. The average Bonchev–Trinajstić information content (AvgIpc) is 3.29. The molecule has 8 nitrogen and oxygen atoms in total. The number of esters is 1. The van der Waals surface area contributed by atoms with E-state index in [0.717, 1.165) is 10.6 Å². The molecule has 0 saturated carbocycles. The van der Waals surface area contributed by atoms with Crippen molar-refractivity contribution in [3.8, 4) is 11.5 Å². The lowest BCUT2D eigenvalue weighted by atomic mass is 10.3. The van der Waals surface area contributed by atoms with Crippen molar-refractivity contribution in [2.24, 2.45) is 0 Å². The van der Waals surface area contributed by atoms with E-state index >= 15 is 0 Å². The van der Waals surface area contributed by atoms with Crippen LogP contribution < -0.4 is 5.32 Å². The predicted molar refractivity (Wildman–Crippen MR) is 109 cm³/mol. The van der Waals surface area contributed by atoms with Crippen molar-refractivity contribution in [3.05, 3.63) is 40.9 Å². The Hall–Kier alpha value is -2.72. The zero-order valence-electron chi connectivity index (χ0n) is 15.6. The van der Waals surface area contributed by atoms with Crippen LogP contribution in [0.25, 0.3) is 11.5 Å². The Bertz CT molecular complexity index is 985. The molecule has 0 aromatic carbocycles. The van der Waals surface area contributed by atoms with E-state index in [4.69, 9.17) is 4.74 Å². The first kappa shape index (κ1) is 20.0. The molecule has 0 aliphatic heterocycles. The third-order valence-electron chi connectivity index (χ3n) is 3.77. The van der Waals surface area contributed by atoms with E-state index < -0.39 is 5.97 Å². The highest BCUT2D eigenvalue weighted by atomic mass is 32.2. The summed E-state index contributed by atoms with van der Waals surface area (Å²) in [5.41, 5.74) is 1.09. The second kappa shape index (κ2) is 8.98. The molecule has 3 aromatic rings. The first-order chi connectivity index (χ1) is 13.5. The summed E-state index contributed by atoms with van der Waals surface area (Å²) >= 11 is 2.61. The fourth-order valence-corrected chi connectivity index (χ4v) is 4.24. The molecule has 0 atom stereocenters. The number of anilines is 1. The number of ether oxygens (including phenoxy) is 1. The van der Waals surface area contributed by atoms with E-state index in [1.54, 1.807) is 12.3 Å². The predicted octanol–water partition coefficient (Wildman–Crippen LogP) is 3.25. The van der Waals surface area contributed by atoms with Gasteiger partial charge < -0.3 is 14.6 Å². The number of methoxy groups -OCH3 is 1. The smallest absolute Gasteiger partial charge is 0.340 e. The largest absolute Gasteiger partial charge is 0.465 e. The van der Waals surface area contributed by atoms with Crippen molar-refractivity contribution in [3.63, 3.8) is 0 Å². The lowest BCUT2D eigenvalue weighted by molar-refractivity contribution is -0.113. The molecule has 0 radical (unpaired) electrons. The second-order valence-electron chi connectivity index (χ2n) is 5.69. The van der Waals surface area contributed by atoms with Crippen LogP contribution in [0.1, 0.15) is 22.2 Å². The second-order valence-corrected chi connectivity index (χ2v) is 7.89. The highest BCUT2D eigenvalue weighted by Gasteiger charge is 2.19. The van der Waals surface area contributed by atoms with Crippen LogP contribution in [0, 0.1) is 6.92 Å². The van der Waals surface area contributed by atoms with Gasteiger partial charge in [-0.15, -0.1) is 21.5 Å². The number of aromatic nitrogens is 4. The Kier molecular flexibility index (Phi) is 6.42. The van der Waals surface area contributed by atoms with Crippen molar-refractivity contribution >= 4 is 40.0 Å². The molecule has 3 heterocycles. The molecule has 0 unspecified atom stereocenters. The molecule has 146 valence electrons. The molecule has 0 aliphatic rings. The summed E-state index contributed by atoms with van der Waals surface area (Å²) in [6, 6.07) is 7.29. The summed E-state index contributed by atoms with van der Waals surface area (Å²) in [5, 5.41) is 12.3. The molecule has 0 saturated heterocycles. The molecule has 0 aliphatic carbocycles. The van der Waals surface area contributed by atoms with Crippen molar-refractivity contribution < 1.29 is 14.3 Å². The molecule has 1 amide bonds. The average molecular weight is 418 g/mol. The number of nitrogens with one attached hydrogen (secondary N) is 1. The Morgan fingerprint density at radius 1 is 1.32 bits per heavy atom. The van der Waals surface area contributed by atoms with Crippen LogP contribution >= 0.6 is 23.1 Å². The number of pyridine rings is 1. The first-order valence-corrected chi connectivity index (χ1v) is 10.3. The Balaban J connectivity index is 1.69. The molecule has 3 aromatic heterocycles. The number of thiophene rings is 1. The monoisotopic (exact) mass is 417 g/mol. The van der Waals surface area contributed by atoms with Crippen LogP contribution in [0.5, 0.6) is 0 Å². The maximum absolute atomic E-state index is 12.4. The topological polar surface area (TPSA) is 99.0 Å². The maximum atomic E-state index is 12.4. The number of rotatable bonds is 7. The molecule has 1 N–H and O–H groups in total. The van der Waals surface area contributed by atoms with Gasteiger partial charge >= 0.3 is 5.97 Å². The summed E-state index contributed by atoms with van der Waals surface area (Å²) in [4.78, 5) is 29.4. The SMILES string of the molecule is CCn1c(SCC(=O)Nc2sc(C)cc2C(=O)OC)nnc1-c1ccccn1. The lowest BCUT2D eigenvalue weighted by Gasteiger charge is -2.07. The van der Waals surface area contributed by atoms with E-state index in [-0.39, 0.29) is 11.7 Å². The summed E-state index contributed by atoms with van der Waals surface area (Å²) < 4.78 is 6.67. The van der Waals surface area contributed by atoms with Gasteiger partial charge in [-0.1, -0.05) is 17.8 Å². The molecule has 28 heavy (non-hydrogen) atoms. The highest BCUT2D eigenvalue weighted by Crippen LogP contribution is 2.29. The van der Waals surface area contributed by atoms with Crippen LogP contribution in [0.4, 0.5) is 5.00 Å². The van der Waals surface area contributed by atoms with Gasteiger partial charge in [-0.25, -0.2) is 4.79 Å². The van der Waals surface area contributed by atoms with Gasteiger partial charge in [0.15, 0.2) is 11.0 Å². The molecule has 10 heteroatoms. The number of carbonyl (C=O) groups excluding carboxylic acids is 2. The molecule has 0 spiro atoms. The summed E-state index contributed by atoms with van der Waals surface area (Å²) in [5.74, 6) is 0.0886. The van der Waals surface area contributed by atoms with Gasteiger partial charge in [0.1, 0.15) is 10.7 Å². The van der Waals surface area contributed by atoms with Gasteiger partial charge in [-0.2, -0.15) is 0 Å². The Morgan fingerprint density at radius 2 is 2.14 bits per heavy atom. The van der Waals surface area contributed by atoms with Crippen LogP contribution in [-0.4, -0.2) is 44.5 Å². The number of thioether (sulfide) groups is 1. The third kappa shape index (κ3) is 4.39. The van der Waals surface area contributed by atoms with E-state index in [2.05, 4.69) is 20.5 Å². The normalized spacial score (nSPS) is 10.7. The minimum absolute atomic E-state index is 0.137. The summed E-state index contributed by atoms with van der Waals surface area (Å²) in [6.07, 6.45) is 1.70. The van der Waals surface area contributed by atoms with E-state index in [0.29, 0.717) is 28.1 Å². The standard InChI is InChI=1S/C18H19N5O3S2/c1-4-23-15(13-7-5-6-8-19-13)21-22-18(23)27-10-14(24)20-16-12(17(25)26-3)9-11(2)28-16/h5-9H,4,10H2,1-3H3,(H,20,24). The number of nitrogens with zero attached hydrogens (tertiary/aromatic N) is 4. The van der Waals surface area contributed by atoms with Crippen LogP contribution in [0.15, 0.2) is 35.6 Å². The van der Waals surface area contributed by atoms with Crippen molar-refractivity contribution in [1.29, 1.82) is 0 Å². The number of hydrogen-bond donors (Lipinski definition) is 1.